The Labute approximate surface area is 147 Å². The second kappa shape index (κ2) is 10.6. The molecule has 2 nitrogen and oxygen atoms in total. The van der Waals surface area contributed by atoms with Crippen molar-refractivity contribution in [3.8, 4) is 5.75 Å². The summed E-state index contributed by atoms with van der Waals surface area (Å²) in [4.78, 5) is 4.18. The van der Waals surface area contributed by atoms with Crippen LogP contribution in [0.3, 0.4) is 0 Å². The minimum atomic E-state index is 0.583. The normalized spacial score (nSPS) is 10.6. The molecule has 0 unspecified atom stereocenters. The van der Waals surface area contributed by atoms with Gasteiger partial charge in [-0.25, -0.2) is 0 Å². The van der Waals surface area contributed by atoms with Crippen molar-refractivity contribution in [2.75, 3.05) is 6.61 Å². The van der Waals surface area contributed by atoms with Gasteiger partial charge in [0.05, 0.1) is 12.3 Å². The van der Waals surface area contributed by atoms with Gasteiger partial charge in [0.15, 0.2) is 0 Å². The standard InChI is InChI=1S/C13H20O.C9H11N/c1-5-12-7-6-8-13(11(12)4)14-9-10(2)3;1-3-10-9-7-5-4-6-8(9)2/h6-8,10H,5,9H2,1-4H3;3-7H,1-2H3. The Morgan fingerprint density at radius 3 is 2.33 bits per heavy atom. The van der Waals surface area contributed by atoms with E-state index >= 15 is 0 Å². The highest BCUT2D eigenvalue weighted by atomic mass is 16.5. The second-order valence-electron chi connectivity index (χ2n) is 6.27. The van der Waals surface area contributed by atoms with Gasteiger partial charge in [-0.2, -0.15) is 0 Å². The highest BCUT2D eigenvalue weighted by Gasteiger charge is 2.03. The lowest BCUT2D eigenvalue weighted by Gasteiger charge is -2.13. The highest BCUT2D eigenvalue weighted by molar-refractivity contribution is 5.62. The lowest BCUT2D eigenvalue weighted by atomic mass is 10.1. The molecule has 0 aliphatic heterocycles. The van der Waals surface area contributed by atoms with E-state index in [4.69, 9.17) is 4.74 Å². The number of ether oxygens (including phenoxy) is 1. The average Bonchev–Trinajstić information content (AvgIpc) is 2.57. The maximum absolute atomic E-state index is 5.74. The van der Waals surface area contributed by atoms with Crippen LogP contribution in [-0.4, -0.2) is 12.8 Å². The van der Waals surface area contributed by atoms with Gasteiger partial charge in [-0.05, 0) is 61.9 Å². The van der Waals surface area contributed by atoms with Crippen LogP contribution in [0.25, 0.3) is 0 Å². The number of para-hydroxylation sites is 1. The molecule has 0 bridgehead atoms. The molecule has 130 valence electrons. The van der Waals surface area contributed by atoms with Crippen molar-refractivity contribution in [1.82, 2.24) is 0 Å². The Bertz CT molecular complexity index is 644. The average molecular weight is 325 g/mol. The number of benzene rings is 2. The zero-order valence-corrected chi connectivity index (χ0v) is 16.0. The Hall–Kier alpha value is -2.09. The molecule has 0 amide bonds. The molecule has 0 aliphatic carbocycles. The molecule has 0 fully saturated rings. The van der Waals surface area contributed by atoms with Crippen molar-refractivity contribution in [3.05, 3.63) is 59.2 Å². The van der Waals surface area contributed by atoms with E-state index < -0.39 is 0 Å². The number of nitrogens with zero attached hydrogens (tertiary/aromatic N) is 1. The third kappa shape index (κ3) is 6.57. The van der Waals surface area contributed by atoms with Gasteiger partial charge < -0.3 is 4.74 Å². The zero-order chi connectivity index (χ0) is 17.9. The highest BCUT2D eigenvalue weighted by Crippen LogP contribution is 2.22. The van der Waals surface area contributed by atoms with Crippen LogP contribution < -0.4 is 4.74 Å². The van der Waals surface area contributed by atoms with Crippen molar-refractivity contribution in [3.63, 3.8) is 0 Å². The molecular weight excluding hydrogens is 294 g/mol. The van der Waals surface area contributed by atoms with E-state index in [1.165, 1.54) is 16.7 Å². The first-order valence-electron chi connectivity index (χ1n) is 8.75. The molecule has 0 aliphatic rings. The molecule has 2 rings (SSSR count). The molecule has 2 heteroatoms. The van der Waals surface area contributed by atoms with E-state index in [-0.39, 0.29) is 0 Å². The lowest BCUT2D eigenvalue weighted by Crippen LogP contribution is -2.06. The summed E-state index contributed by atoms with van der Waals surface area (Å²) in [6.45, 7) is 13.4. The summed E-state index contributed by atoms with van der Waals surface area (Å²) >= 11 is 0. The fourth-order valence-corrected chi connectivity index (χ4v) is 2.30. The molecule has 2 aromatic rings. The molecule has 24 heavy (non-hydrogen) atoms. The van der Waals surface area contributed by atoms with Crippen LogP contribution >= 0.6 is 0 Å². The van der Waals surface area contributed by atoms with Gasteiger partial charge in [0, 0.05) is 6.21 Å². The number of hydrogen-bond donors (Lipinski definition) is 0. The van der Waals surface area contributed by atoms with Crippen molar-refractivity contribution in [2.24, 2.45) is 10.9 Å². The predicted octanol–water partition coefficient (Wildman–Crippen LogP) is 6.31. The van der Waals surface area contributed by atoms with Crippen LogP contribution in [0.2, 0.25) is 0 Å². The SMILES string of the molecule is CC=Nc1ccccc1C.CCc1cccc(OCC(C)C)c1C. The number of aryl methyl sites for hydroxylation is 2. The van der Waals surface area contributed by atoms with E-state index in [2.05, 4.69) is 63.9 Å². The van der Waals surface area contributed by atoms with E-state index in [0.717, 1.165) is 24.5 Å². The maximum Gasteiger partial charge on any atom is 0.122 e. The maximum atomic E-state index is 5.74. The molecule has 2 aromatic carbocycles. The first-order chi connectivity index (χ1) is 11.5. The summed E-state index contributed by atoms with van der Waals surface area (Å²) in [5.74, 6) is 1.62. The van der Waals surface area contributed by atoms with E-state index in [9.17, 15) is 0 Å². The third-order valence-electron chi connectivity index (χ3n) is 3.73. The van der Waals surface area contributed by atoms with E-state index in [0.29, 0.717) is 5.92 Å². The Balaban J connectivity index is 0.000000254. The molecule has 0 saturated heterocycles. The molecule has 0 heterocycles. The molecule has 0 atom stereocenters. The molecular formula is C22H31NO. The number of rotatable bonds is 5. The van der Waals surface area contributed by atoms with E-state index in [1.54, 1.807) is 0 Å². The van der Waals surface area contributed by atoms with Gasteiger partial charge in [0.25, 0.3) is 0 Å². The molecule has 0 radical (unpaired) electrons. The molecule has 0 saturated carbocycles. The van der Waals surface area contributed by atoms with Gasteiger partial charge in [-0.1, -0.05) is 51.1 Å². The topological polar surface area (TPSA) is 21.6 Å². The number of hydrogen-bond acceptors (Lipinski definition) is 2. The fraction of sp³-hybridized carbons (Fsp3) is 0.409. The van der Waals surface area contributed by atoms with Crippen LogP contribution in [-0.2, 0) is 6.42 Å². The zero-order valence-electron chi connectivity index (χ0n) is 16.0. The van der Waals surface area contributed by atoms with Crippen LogP contribution in [0.15, 0.2) is 47.5 Å². The lowest BCUT2D eigenvalue weighted by molar-refractivity contribution is 0.269. The summed E-state index contributed by atoms with van der Waals surface area (Å²) in [5, 5.41) is 0. The molecule has 0 N–H and O–H groups in total. The van der Waals surface area contributed by atoms with Gasteiger partial charge in [-0.15, -0.1) is 0 Å². The Morgan fingerprint density at radius 2 is 1.75 bits per heavy atom. The first-order valence-corrected chi connectivity index (χ1v) is 8.75. The van der Waals surface area contributed by atoms with Crippen LogP contribution in [0.4, 0.5) is 5.69 Å². The third-order valence-corrected chi connectivity index (χ3v) is 3.73. The monoisotopic (exact) mass is 325 g/mol. The van der Waals surface area contributed by atoms with Crippen molar-refractivity contribution in [2.45, 2.75) is 48.0 Å². The van der Waals surface area contributed by atoms with Crippen molar-refractivity contribution in [1.29, 1.82) is 0 Å². The number of aliphatic imine (C=N–C) groups is 1. The summed E-state index contributed by atoms with van der Waals surface area (Å²) < 4.78 is 5.74. The van der Waals surface area contributed by atoms with Gasteiger partial charge in [0.2, 0.25) is 0 Å². The van der Waals surface area contributed by atoms with Crippen molar-refractivity contribution < 1.29 is 4.74 Å². The van der Waals surface area contributed by atoms with Crippen molar-refractivity contribution >= 4 is 11.9 Å². The van der Waals surface area contributed by atoms with Crippen LogP contribution in [0, 0.1) is 19.8 Å². The smallest absolute Gasteiger partial charge is 0.122 e. The Morgan fingerprint density at radius 1 is 1.04 bits per heavy atom. The summed E-state index contributed by atoms with van der Waals surface area (Å²) in [6.07, 6.45) is 2.88. The molecule has 0 spiro atoms. The van der Waals surface area contributed by atoms with Gasteiger partial charge in [-0.3, -0.25) is 4.99 Å². The van der Waals surface area contributed by atoms with Crippen LogP contribution in [0.5, 0.6) is 5.75 Å². The summed E-state index contributed by atoms with van der Waals surface area (Å²) in [6, 6.07) is 14.4. The predicted molar refractivity (Wildman–Crippen MR) is 106 cm³/mol. The second-order valence-corrected chi connectivity index (χ2v) is 6.27. The minimum Gasteiger partial charge on any atom is -0.493 e. The van der Waals surface area contributed by atoms with E-state index in [1.807, 2.05) is 31.3 Å². The quantitative estimate of drug-likeness (QED) is 0.590. The largest absolute Gasteiger partial charge is 0.493 e. The first kappa shape index (κ1) is 20.0. The Kier molecular flexibility index (Phi) is 8.85. The van der Waals surface area contributed by atoms with Gasteiger partial charge in [0.1, 0.15) is 5.75 Å². The minimum absolute atomic E-state index is 0.583. The van der Waals surface area contributed by atoms with Crippen LogP contribution in [0.1, 0.15) is 44.4 Å². The summed E-state index contributed by atoms with van der Waals surface area (Å²) in [5.41, 5.74) is 4.95. The van der Waals surface area contributed by atoms with Gasteiger partial charge >= 0.3 is 0 Å². The molecule has 0 aromatic heterocycles. The fourth-order valence-electron chi connectivity index (χ4n) is 2.30. The summed E-state index contributed by atoms with van der Waals surface area (Å²) in [7, 11) is 0.